The van der Waals surface area contributed by atoms with Crippen molar-refractivity contribution in [2.45, 2.75) is 45.3 Å². The Labute approximate surface area is 144 Å². The smallest absolute Gasteiger partial charge is 0.406 e. The van der Waals surface area contributed by atoms with E-state index in [0.29, 0.717) is 17.7 Å². The Hall–Kier alpha value is -2.05. The lowest BCUT2D eigenvalue weighted by atomic mass is 10.1. The number of rotatable bonds is 8. The number of amides is 1. The topological polar surface area (TPSA) is 46.6 Å². The van der Waals surface area contributed by atoms with Gasteiger partial charge in [0.05, 0.1) is 0 Å². The van der Waals surface area contributed by atoms with Gasteiger partial charge in [0.25, 0.3) is 5.91 Å². The third-order valence-electron chi connectivity index (χ3n) is 4.33. The lowest BCUT2D eigenvalue weighted by molar-refractivity contribution is -0.167. The molecule has 0 bridgehead atoms. The summed E-state index contributed by atoms with van der Waals surface area (Å²) in [6.45, 7) is 1.67. The molecule has 25 heavy (non-hydrogen) atoms. The van der Waals surface area contributed by atoms with Crippen molar-refractivity contribution in [1.82, 2.24) is 4.90 Å². The Balaban J connectivity index is 1.96. The van der Waals surface area contributed by atoms with Gasteiger partial charge in [-0.05, 0) is 49.9 Å². The Morgan fingerprint density at radius 1 is 1.24 bits per heavy atom. The van der Waals surface area contributed by atoms with Gasteiger partial charge in [0, 0.05) is 18.0 Å². The van der Waals surface area contributed by atoms with Crippen molar-refractivity contribution in [3.05, 3.63) is 29.8 Å². The summed E-state index contributed by atoms with van der Waals surface area (Å²) in [5.74, 6) is -0.236. The van der Waals surface area contributed by atoms with Gasteiger partial charge in [-0.2, -0.15) is 13.2 Å². The van der Waals surface area contributed by atoms with Gasteiger partial charge in [-0.15, -0.1) is 0 Å². The van der Waals surface area contributed by atoms with Crippen molar-refractivity contribution in [3.63, 3.8) is 0 Å². The van der Waals surface area contributed by atoms with Crippen LogP contribution in [0.5, 0.6) is 5.75 Å². The molecule has 0 N–H and O–H groups in total. The largest absolute Gasteiger partial charge is 0.484 e. The molecule has 7 heteroatoms. The third-order valence-corrected chi connectivity index (χ3v) is 4.33. The number of nitrogens with zero attached hydrogens (tertiary/aromatic N) is 1. The number of benzene rings is 1. The number of hydrogen-bond donors (Lipinski definition) is 0. The number of carbonyl (C=O) groups is 2. The van der Waals surface area contributed by atoms with E-state index in [9.17, 15) is 22.8 Å². The van der Waals surface area contributed by atoms with Crippen molar-refractivity contribution >= 4 is 11.7 Å². The second-order valence-electron chi connectivity index (χ2n) is 6.30. The Bertz CT molecular complexity index is 609. The average molecular weight is 357 g/mol. The first-order chi connectivity index (χ1) is 11.7. The minimum atomic E-state index is -4.44. The molecule has 1 unspecified atom stereocenters. The van der Waals surface area contributed by atoms with E-state index >= 15 is 0 Å². The molecule has 0 aromatic heterocycles. The predicted octanol–water partition coefficient (Wildman–Crippen LogP) is 3.85. The summed E-state index contributed by atoms with van der Waals surface area (Å²) in [6.07, 6.45) is -2.38. The van der Waals surface area contributed by atoms with Gasteiger partial charge in [0.15, 0.2) is 12.4 Å². The summed E-state index contributed by atoms with van der Waals surface area (Å²) >= 11 is 0. The van der Waals surface area contributed by atoms with Gasteiger partial charge in [0.2, 0.25) is 0 Å². The molecule has 0 radical (unpaired) electrons. The lowest BCUT2D eigenvalue weighted by Gasteiger charge is -2.30. The van der Waals surface area contributed by atoms with Crippen LogP contribution in [0.2, 0.25) is 0 Å². The molecule has 1 saturated carbocycles. The minimum Gasteiger partial charge on any atom is -0.484 e. The highest BCUT2D eigenvalue weighted by Crippen LogP contribution is 2.36. The molecule has 1 aliphatic carbocycles. The van der Waals surface area contributed by atoms with Gasteiger partial charge in [0.1, 0.15) is 12.3 Å². The highest BCUT2D eigenvalue weighted by Gasteiger charge is 2.40. The first-order valence-corrected chi connectivity index (χ1v) is 8.33. The second-order valence-corrected chi connectivity index (χ2v) is 6.30. The number of alkyl halides is 3. The molecule has 0 aliphatic heterocycles. The van der Waals surface area contributed by atoms with E-state index in [-0.39, 0.29) is 11.7 Å². The van der Waals surface area contributed by atoms with Crippen LogP contribution >= 0.6 is 0 Å². The monoisotopic (exact) mass is 357 g/mol. The van der Waals surface area contributed by atoms with Crippen molar-refractivity contribution in [1.29, 1.82) is 0 Å². The highest BCUT2D eigenvalue weighted by atomic mass is 19.4. The summed E-state index contributed by atoms with van der Waals surface area (Å²) in [6, 6.07) is 5.77. The quantitative estimate of drug-likeness (QED) is 0.664. The van der Waals surface area contributed by atoms with Crippen LogP contribution in [0.1, 0.15) is 43.5 Å². The summed E-state index contributed by atoms with van der Waals surface area (Å²) in [5, 5.41) is 0. The third kappa shape index (κ3) is 5.76. The molecule has 138 valence electrons. The van der Waals surface area contributed by atoms with E-state index in [1.807, 2.05) is 0 Å². The van der Waals surface area contributed by atoms with Gasteiger partial charge in [-0.1, -0.05) is 6.92 Å². The number of carbonyl (C=O) groups excluding carboxylic acids is 2. The number of ketones is 1. The fraction of sp³-hybridized carbons (Fsp3) is 0.556. The Morgan fingerprint density at radius 2 is 1.84 bits per heavy atom. The van der Waals surface area contributed by atoms with Crippen LogP contribution in [0.25, 0.3) is 0 Å². The van der Waals surface area contributed by atoms with Crippen LogP contribution in [0.4, 0.5) is 13.2 Å². The van der Waals surface area contributed by atoms with Crippen LogP contribution in [-0.2, 0) is 4.79 Å². The number of Topliss-reactive ketones (excluding diaryl/α,β-unsaturated/α-hetero) is 1. The zero-order valence-corrected chi connectivity index (χ0v) is 14.3. The van der Waals surface area contributed by atoms with E-state index < -0.39 is 31.3 Å². The molecule has 0 heterocycles. The summed E-state index contributed by atoms with van der Waals surface area (Å²) in [7, 11) is 0. The van der Waals surface area contributed by atoms with Crippen LogP contribution in [0, 0.1) is 5.92 Å². The Morgan fingerprint density at radius 3 is 2.32 bits per heavy atom. The first kappa shape index (κ1) is 19.3. The molecule has 1 aromatic rings. The maximum absolute atomic E-state index is 12.8. The highest BCUT2D eigenvalue weighted by molar-refractivity contribution is 5.95. The fourth-order valence-electron chi connectivity index (χ4n) is 2.65. The van der Waals surface area contributed by atoms with Gasteiger partial charge >= 0.3 is 6.18 Å². The van der Waals surface area contributed by atoms with E-state index in [4.69, 9.17) is 4.74 Å². The molecule has 0 spiro atoms. The van der Waals surface area contributed by atoms with Crippen LogP contribution in [0.15, 0.2) is 24.3 Å². The molecule has 1 amide bonds. The standard InChI is InChI=1S/C18H22F3NO3/c1-3-16(23)14-6-8-15(9-7-14)25-10-17(24)22(11-18(19,20)21)12(2)13-4-5-13/h6-9,12-13H,3-5,10-11H2,1-2H3. The molecule has 4 nitrogen and oxygen atoms in total. The van der Waals surface area contributed by atoms with E-state index in [2.05, 4.69) is 0 Å². The second kappa shape index (κ2) is 7.89. The normalized spacial score (nSPS) is 15.6. The molecule has 1 fully saturated rings. The maximum Gasteiger partial charge on any atom is 0.406 e. The van der Waals surface area contributed by atoms with Crippen molar-refractivity contribution in [2.24, 2.45) is 5.92 Å². The molecule has 0 saturated heterocycles. The first-order valence-electron chi connectivity index (χ1n) is 8.33. The SMILES string of the molecule is CCC(=O)c1ccc(OCC(=O)N(CC(F)(F)F)C(C)C2CC2)cc1. The van der Waals surface area contributed by atoms with Gasteiger partial charge in [-0.25, -0.2) is 0 Å². The molecular formula is C18H22F3NO3. The van der Waals surface area contributed by atoms with Crippen molar-refractivity contribution < 1.29 is 27.5 Å². The summed E-state index contributed by atoms with van der Waals surface area (Å²) in [4.78, 5) is 24.6. The maximum atomic E-state index is 12.8. The predicted molar refractivity (Wildman–Crippen MR) is 86.5 cm³/mol. The van der Waals surface area contributed by atoms with Crippen molar-refractivity contribution in [2.75, 3.05) is 13.2 Å². The fourth-order valence-corrected chi connectivity index (χ4v) is 2.65. The molecule has 1 atom stereocenters. The number of halogens is 3. The zero-order chi connectivity index (χ0) is 18.6. The molecular weight excluding hydrogens is 335 g/mol. The molecule has 2 rings (SSSR count). The average Bonchev–Trinajstić information content (AvgIpc) is 3.41. The van der Waals surface area contributed by atoms with Gasteiger partial charge < -0.3 is 9.64 Å². The minimum absolute atomic E-state index is 0.0164. The van der Waals surface area contributed by atoms with E-state index in [1.165, 1.54) is 12.1 Å². The number of hydrogen-bond acceptors (Lipinski definition) is 3. The molecule has 1 aromatic carbocycles. The number of ether oxygens (including phenoxy) is 1. The summed E-state index contributed by atoms with van der Waals surface area (Å²) in [5.41, 5.74) is 0.530. The Kier molecular flexibility index (Phi) is 6.08. The van der Waals surface area contributed by atoms with Crippen LogP contribution in [-0.4, -0.2) is 42.0 Å². The summed E-state index contributed by atoms with van der Waals surface area (Å²) < 4.78 is 43.6. The van der Waals surface area contributed by atoms with Gasteiger partial charge in [-0.3, -0.25) is 9.59 Å². The lowest BCUT2D eigenvalue weighted by Crippen LogP contribution is -2.47. The molecule has 1 aliphatic rings. The zero-order valence-electron chi connectivity index (χ0n) is 14.3. The van der Waals surface area contributed by atoms with E-state index in [1.54, 1.807) is 26.0 Å². The van der Waals surface area contributed by atoms with E-state index in [0.717, 1.165) is 17.7 Å². The van der Waals surface area contributed by atoms with Crippen LogP contribution < -0.4 is 4.74 Å². The van der Waals surface area contributed by atoms with Crippen LogP contribution in [0.3, 0.4) is 0 Å². The van der Waals surface area contributed by atoms with Crippen molar-refractivity contribution in [3.8, 4) is 5.75 Å².